The summed E-state index contributed by atoms with van der Waals surface area (Å²) in [4.78, 5) is 15.6. The van der Waals surface area contributed by atoms with E-state index in [4.69, 9.17) is 9.15 Å². The van der Waals surface area contributed by atoms with Crippen molar-refractivity contribution in [3.05, 3.63) is 35.7 Å². The van der Waals surface area contributed by atoms with Crippen molar-refractivity contribution in [3.8, 4) is 17.2 Å². The van der Waals surface area contributed by atoms with Crippen molar-refractivity contribution in [1.29, 1.82) is 0 Å². The van der Waals surface area contributed by atoms with Gasteiger partial charge in [-0.25, -0.2) is 9.78 Å². The molecule has 0 saturated heterocycles. The number of nitrogens with zero attached hydrogens (tertiary/aromatic N) is 1. The third-order valence-corrected chi connectivity index (χ3v) is 2.60. The lowest BCUT2D eigenvalue weighted by atomic mass is 10.2. The van der Waals surface area contributed by atoms with Gasteiger partial charge in [-0.2, -0.15) is 0 Å². The number of halogens is 3. The molecular formula is C14H12F3NO4. The third kappa shape index (κ3) is 3.78. The second-order valence-corrected chi connectivity index (χ2v) is 4.22. The van der Waals surface area contributed by atoms with Gasteiger partial charge in [-0.3, -0.25) is 0 Å². The molecule has 0 aliphatic heterocycles. The van der Waals surface area contributed by atoms with Gasteiger partial charge in [0.15, 0.2) is 5.69 Å². The Morgan fingerprint density at radius 2 is 1.91 bits per heavy atom. The molecule has 0 unspecified atom stereocenters. The molecule has 0 amide bonds. The van der Waals surface area contributed by atoms with Crippen LogP contribution in [0.4, 0.5) is 13.2 Å². The maximum absolute atomic E-state index is 12.1. The Morgan fingerprint density at radius 1 is 1.27 bits per heavy atom. The molecule has 1 aromatic carbocycles. The summed E-state index contributed by atoms with van der Waals surface area (Å²) in [6.45, 7) is 3.40. The summed E-state index contributed by atoms with van der Waals surface area (Å²) in [6.07, 6.45) is -4.75. The lowest BCUT2D eigenvalue weighted by Gasteiger charge is -2.08. The summed E-state index contributed by atoms with van der Waals surface area (Å²) in [6, 6.07) is 4.96. The van der Waals surface area contributed by atoms with Crippen molar-refractivity contribution >= 4 is 5.97 Å². The van der Waals surface area contributed by atoms with E-state index < -0.39 is 12.3 Å². The molecule has 0 fully saturated rings. The van der Waals surface area contributed by atoms with Gasteiger partial charge in [-0.05, 0) is 38.1 Å². The number of esters is 1. The molecule has 0 aliphatic rings. The zero-order valence-electron chi connectivity index (χ0n) is 11.7. The number of benzene rings is 1. The first-order chi connectivity index (χ1) is 10.3. The van der Waals surface area contributed by atoms with E-state index in [0.717, 1.165) is 12.1 Å². The van der Waals surface area contributed by atoms with Crippen LogP contribution in [-0.4, -0.2) is 23.9 Å². The van der Waals surface area contributed by atoms with E-state index in [0.29, 0.717) is 5.56 Å². The first-order valence-electron chi connectivity index (χ1n) is 6.31. The first-order valence-corrected chi connectivity index (χ1v) is 6.31. The Kier molecular flexibility index (Phi) is 4.39. The molecule has 0 bridgehead atoms. The van der Waals surface area contributed by atoms with E-state index >= 15 is 0 Å². The van der Waals surface area contributed by atoms with Crippen molar-refractivity contribution < 1.29 is 31.9 Å². The smallest absolute Gasteiger partial charge is 0.461 e. The van der Waals surface area contributed by atoms with Gasteiger partial charge in [0.2, 0.25) is 5.89 Å². The molecular weight excluding hydrogens is 303 g/mol. The van der Waals surface area contributed by atoms with Crippen LogP contribution < -0.4 is 4.74 Å². The first kappa shape index (κ1) is 15.9. The lowest BCUT2D eigenvalue weighted by molar-refractivity contribution is -0.274. The number of ether oxygens (including phenoxy) is 2. The van der Waals surface area contributed by atoms with Crippen LogP contribution in [0.15, 0.2) is 28.7 Å². The van der Waals surface area contributed by atoms with Crippen LogP contribution in [0.25, 0.3) is 11.5 Å². The molecule has 0 N–H and O–H groups in total. The molecule has 2 rings (SSSR count). The van der Waals surface area contributed by atoms with E-state index in [1.165, 1.54) is 12.1 Å². The van der Waals surface area contributed by atoms with Crippen molar-refractivity contribution in [1.82, 2.24) is 4.98 Å². The summed E-state index contributed by atoms with van der Waals surface area (Å²) < 4.78 is 50.2. The molecule has 118 valence electrons. The Bertz CT molecular complexity index is 662. The van der Waals surface area contributed by atoms with Crippen molar-refractivity contribution in [2.24, 2.45) is 0 Å². The van der Waals surface area contributed by atoms with Crippen LogP contribution in [0, 0.1) is 6.92 Å². The molecule has 8 heteroatoms. The number of carbonyl (C=O) groups is 1. The average Bonchev–Trinajstić information content (AvgIpc) is 2.80. The molecule has 2 aromatic rings. The number of alkyl halides is 3. The topological polar surface area (TPSA) is 61.6 Å². The fourth-order valence-electron chi connectivity index (χ4n) is 1.71. The van der Waals surface area contributed by atoms with Crippen molar-refractivity contribution in [2.75, 3.05) is 6.61 Å². The minimum atomic E-state index is -4.75. The van der Waals surface area contributed by atoms with Crippen LogP contribution in [0.2, 0.25) is 0 Å². The molecule has 0 atom stereocenters. The highest BCUT2D eigenvalue weighted by atomic mass is 19.4. The zero-order valence-corrected chi connectivity index (χ0v) is 11.7. The van der Waals surface area contributed by atoms with Gasteiger partial charge in [-0.1, -0.05) is 0 Å². The zero-order chi connectivity index (χ0) is 16.3. The number of hydrogen-bond acceptors (Lipinski definition) is 5. The van der Waals surface area contributed by atoms with Gasteiger partial charge < -0.3 is 13.9 Å². The van der Waals surface area contributed by atoms with Gasteiger partial charge in [-0.15, -0.1) is 13.2 Å². The number of aryl methyl sites for hydroxylation is 1. The fourth-order valence-corrected chi connectivity index (χ4v) is 1.71. The van der Waals surface area contributed by atoms with E-state index in [1.54, 1.807) is 13.8 Å². The highest BCUT2D eigenvalue weighted by Crippen LogP contribution is 2.27. The van der Waals surface area contributed by atoms with Gasteiger partial charge in [0.05, 0.1) is 6.61 Å². The maximum Gasteiger partial charge on any atom is 0.573 e. The summed E-state index contributed by atoms with van der Waals surface area (Å²) in [7, 11) is 0. The predicted octanol–water partition coefficient (Wildman–Crippen LogP) is 3.73. The quantitative estimate of drug-likeness (QED) is 0.805. The van der Waals surface area contributed by atoms with E-state index in [1.807, 2.05) is 0 Å². The molecule has 1 heterocycles. The van der Waals surface area contributed by atoms with E-state index in [2.05, 4.69) is 9.72 Å². The number of rotatable bonds is 4. The summed E-state index contributed by atoms with van der Waals surface area (Å²) >= 11 is 0. The Labute approximate surface area is 123 Å². The normalized spacial score (nSPS) is 11.3. The fraction of sp³-hybridized carbons (Fsp3) is 0.286. The predicted molar refractivity (Wildman–Crippen MR) is 69.3 cm³/mol. The second-order valence-electron chi connectivity index (χ2n) is 4.22. The molecule has 5 nitrogen and oxygen atoms in total. The molecule has 22 heavy (non-hydrogen) atoms. The van der Waals surface area contributed by atoms with Crippen LogP contribution in [-0.2, 0) is 4.74 Å². The molecule has 1 aromatic heterocycles. The summed E-state index contributed by atoms with van der Waals surface area (Å²) in [5.41, 5.74) is 0.445. The lowest BCUT2D eigenvalue weighted by Crippen LogP contribution is -2.16. The SMILES string of the molecule is CCOC(=O)c1nc(-c2ccc(OC(F)(F)F)cc2)oc1C. The Hall–Kier alpha value is -2.51. The highest BCUT2D eigenvalue weighted by Gasteiger charge is 2.31. The standard InChI is InChI=1S/C14H12F3NO4/c1-3-20-13(19)11-8(2)21-12(18-11)9-4-6-10(7-5-9)22-14(15,16)17/h4-7H,3H2,1-2H3. The minimum absolute atomic E-state index is 0.0347. The van der Waals surface area contributed by atoms with Crippen LogP contribution in [0.1, 0.15) is 23.2 Å². The second kappa shape index (κ2) is 6.08. The Morgan fingerprint density at radius 3 is 2.45 bits per heavy atom. The van der Waals surface area contributed by atoms with E-state index in [9.17, 15) is 18.0 Å². The monoisotopic (exact) mass is 315 g/mol. The van der Waals surface area contributed by atoms with Gasteiger partial charge >= 0.3 is 12.3 Å². The molecule has 0 aliphatic carbocycles. The highest BCUT2D eigenvalue weighted by molar-refractivity contribution is 5.88. The van der Waals surface area contributed by atoms with Crippen molar-refractivity contribution in [2.45, 2.75) is 20.2 Å². The van der Waals surface area contributed by atoms with Gasteiger partial charge in [0.1, 0.15) is 11.5 Å². The largest absolute Gasteiger partial charge is 0.573 e. The van der Waals surface area contributed by atoms with Crippen LogP contribution in [0.3, 0.4) is 0 Å². The van der Waals surface area contributed by atoms with Crippen LogP contribution >= 0.6 is 0 Å². The summed E-state index contributed by atoms with van der Waals surface area (Å²) in [5, 5.41) is 0. The molecule has 0 spiro atoms. The van der Waals surface area contributed by atoms with Crippen molar-refractivity contribution in [3.63, 3.8) is 0 Å². The van der Waals surface area contributed by atoms with Gasteiger partial charge in [0.25, 0.3) is 0 Å². The number of oxazole rings is 1. The number of aromatic nitrogens is 1. The third-order valence-electron chi connectivity index (χ3n) is 2.60. The van der Waals surface area contributed by atoms with Gasteiger partial charge in [0, 0.05) is 5.56 Å². The van der Waals surface area contributed by atoms with Crippen LogP contribution in [0.5, 0.6) is 5.75 Å². The average molecular weight is 315 g/mol. The maximum atomic E-state index is 12.1. The summed E-state index contributed by atoms with van der Waals surface area (Å²) in [5.74, 6) is -0.597. The van der Waals surface area contributed by atoms with E-state index in [-0.39, 0.29) is 29.7 Å². The molecule has 0 saturated carbocycles. The number of carbonyl (C=O) groups excluding carboxylic acids is 1. The molecule has 0 radical (unpaired) electrons. The minimum Gasteiger partial charge on any atom is -0.461 e. The number of hydrogen-bond donors (Lipinski definition) is 0. The Balaban J connectivity index is 2.22.